The number of halogens is 1. The van der Waals surface area contributed by atoms with Crippen LogP contribution in [0.2, 0.25) is 0 Å². The Morgan fingerprint density at radius 3 is 2.50 bits per heavy atom. The minimum absolute atomic E-state index is 0.168. The summed E-state index contributed by atoms with van der Waals surface area (Å²) in [6.07, 6.45) is 0. The Bertz CT molecular complexity index is 506. The van der Waals surface area contributed by atoms with Crippen molar-refractivity contribution in [2.45, 2.75) is 13.5 Å². The Kier molecular flexibility index (Phi) is 3.02. The van der Waals surface area contributed by atoms with E-state index < -0.39 is 0 Å². The number of hydrogen-bond acceptors (Lipinski definition) is 1. The lowest BCUT2D eigenvalue weighted by atomic mass is 10.0. The fourth-order valence-electron chi connectivity index (χ4n) is 1.70. The van der Waals surface area contributed by atoms with Crippen LogP contribution in [0.1, 0.15) is 11.1 Å². The summed E-state index contributed by atoms with van der Waals surface area (Å²) in [6, 6.07) is 13.1. The number of aryl methyl sites for hydroxylation is 1. The van der Waals surface area contributed by atoms with Gasteiger partial charge in [-0.05, 0) is 47.4 Å². The number of nitrogens with two attached hydrogens (primary N) is 1. The molecule has 0 saturated carbocycles. The first-order valence-electron chi connectivity index (χ1n) is 5.26. The highest BCUT2D eigenvalue weighted by Crippen LogP contribution is 2.22. The fourth-order valence-corrected chi connectivity index (χ4v) is 1.70. The van der Waals surface area contributed by atoms with Gasteiger partial charge in [0.2, 0.25) is 0 Å². The van der Waals surface area contributed by atoms with Gasteiger partial charge >= 0.3 is 0 Å². The largest absolute Gasteiger partial charge is 0.326 e. The average molecular weight is 215 g/mol. The lowest BCUT2D eigenvalue weighted by Gasteiger charge is -2.05. The van der Waals surface area contributed by atoms with Gasteiger partial charge in [0.1, 0.15) is 5.82 Å². The molecule has 2 rings (SSSR count). The van der Waals surface area contributed by atoms with Crippen LogP contribution < -0.4 is 5.73 Å². The first-order valence-corrected chi connectivity index (χ1v) is 5.26. The zero-order valence-corrected chi connectivity index (χ0v) is 9.20. The summed E-state index contributed by atoms with van der Waals surface area (Å²) < 4.78 is 13.1. The fraction of sp³-hybridized carbons (Fsp3) is 0.143. The van der Waals surface area contributed by atoms with Gasteiger partial charge in [-0.3, -0.25) is 0 Å². The predicted octanol–water partition coefficient (Wildman–Crippen LogP) is 3.26. The van der Waals surface area contributed by atoms with Gasteiger partial charge in [0.05, 0.1) is 0 Å². The molecule has 82 valence electrons. The molecule has 1 nitrogen and oxygen atoms in total. The molecule has 0 heterocycles. The molecule has 2 aromatic rings. The minimum Gasteiger partial charge on any atom is -0.326 e. The van der Waals surface area contributed by atoms with Crippen LogP contribution in [-0.4, -0.2) is 0 Å². The second kappa shape index (κ2) is 4.45. The molecule has 0 unspecified atom stereocenters. The molecule has 0 saturated heterocycles. The molecule has 0 aliphatic heterocycles. The molecular formula is C14H14FN. The molecular weight excluding hydrogens is 201 g/mol. The molecule has 0 aromatic heterocycles. The summed E-state index contributed by atoms with van der Waals surface area (Å²) in [6.45, 7) is 2.29. The smallest absolute Gasteiger partial charge is 0.126 e. The van der Waals surface area contributed by atoms with Gasteiger partial charge in [-0.2, -0.15) is 0 Å². The van der Waals surface area contributed by atoms with E-state index in [2.05, 4.69) is 0 Å². The first kappa shape index (κ1) is 10.8. The lowest BCUT2D eigenvalue weighted by Crippen LogP contribution is -1.95. The SMILES string of the molecule is Cc1cc(-c2cccc(CN)c2)ccc1F. The van der Waals surface area contributed by atoms with Crippen molar-refractivity contribution in [2.24, 2.45) is 5.73 Å². The molecule has 0 spiro atoms. The van der Waals surface area contributed by atoms with Crippen molar-refractivity contribution in [3.8, 4) is 11.1 Å². The summed E-state index contributed by atoms with van der Waals surface area (Å²) in [4.78, 5) is 0. The lowest BCUT2D eigenvalue weighted by molar-refractivity contribution is 0.619. The maximum atomic E-state index is 13.1. The van der Waals surface area contributed by atoms with E-state index in [1.54, 1.807) is 13.0 Å². The van der Waals surface area contributed by atoms with Gasteiger partial charge in [0, 0.05) is 6.54 Å². The highest BCUT2D eigenvalue weighted by Gasteiger charge is 2.02. The Morgan fingerprint density at radius 1 is 1.06 bits per heavy atom. The Hall–Kier alpha value is -1.67. The van der Waals surface area contributed by atoms with Crippen LogP contribution in [0.3, 0.4) is 0 Å². The van der Waals surface area contributed by atoms with Crippen LogP contribution in [0.4, 0.5) is 4.39 Å². The maximum absolute atomic E-state index is 13.1. The molecule has 16 heavy (non-hydrogen) atoms. The topological polar surface area (TPSA) is 26.0 Å². The van der Waals surface area contributed by atoms with E-state index in [0.29, 0.717) is 12.1 Å². The van der Waals surface area contributed by atoms with Crippen molar-refractivity contribution in [2.75, 3.05) is 0 Å². The van der Waals surface area contributed by atoms with Gasteiger partial charge in [0.25, 0.3) is 0 Å². The van der Waals surface area contributed by atoms with E-state index in [4.69, 9.17) is 5.73 Å². The van der Waals surface area contributed by atoms with Crippen molar-refractivity contribution in [3.05, 3.63) is 59.4 Å². The van der Waals surface area contributed by atoms with E-state index in [0.717, 1.165) is 16.7 Å². The second-order valence-electron chi connectivity index (χ2n) is 3.87. The average Bonchev–Trinajstić information content (AvgIpc) is 2.33. The summed E-state index contributed by atoms with van der Waals surface area (Å²) in [5.41, 5.74) is 9.43. The molecule has 2 N–H and O–H groups in total. The molecule has 0 aliphatic rings. The predicted molar refractivity (Wildman–Crippen MR) is 64.5 cm³/mol. The van der Waals surface area contributed by atoms with Crippen LogP contribution in [0.5, 0.6) is 0 Å². The second-order valence-corrected chi connectivity index (χ2v) is 3.87. The van der Waals surface area contributed by atoms with E-state index in [-0.39, 0.29) is 5.82 Å². The van der Waals surface area contributed by atoms with Crippen molar-refractivity contribution < 1.29 is 4.39 Å². The van der Waals surface area contributed by atoms with E-state index >= 15 is 0 Å². The third kappa shape index (κ3) is 2.12. The zero-order valence-electron chi connectivity index (χ0n) is 9.20. The monoisotopic (exact) mass is 215 g/mol. The first-order chi connectivity index (χ1) is 7.70. The number of rotatable bonds is 2. The highest BCUT2D eigenvalue weighted by atomic mass is 19.1. The highest BCUT2D eigenvalue weighted by molar-refractivity contribution is 5.64. The molecule has 2 heteroatoms. The molecule has 0 radical (unpaired) electrons. The van der Waals surface area contributed by atoms with Crippen LogP contribution in [0, 0.1) is 12.7 Å². The zero-order chi connectivity index (χ0) is 11.5. The van der Waals surface area contributed by atoms with Crippen LogP contribution >= 0.6 is 0 Å². The molecule has 2 aromatic carbocycles. The summed E-state index contributed by atoms with van der Waals surface area (Å²) in [5, 5.41) is 0. The Balaban J connectivity index is 2.46. The van der Waals surface area contributed by atoms with Gasteiger partial charge in [-0.25, -0.2) is 4.39 Å². The molecule has 0 amide bonds. The van der Waals surface area contributed by atoms with Crippen LogP contribution in [0.15, 0.2) is 42.5 Å². The molecule has 0 aliphatic carbocycles. The van der Waals surface area contributed by atoms with Crippen molar-refractivity contribution in [3.63, 3.8) is 0 Å². The summed E-state index contributed by atoms with van der Waals surface area (Å²) >= 11 is 0. The van der Waals surface area contributed by atoms with Gasteiger partial charge < -0.3 is 5.73 Å². The van der Waals surface area contributed by atoms with E-state index in [1.807, 2.05) is 30.3 Å². The molecule has 0 bridgehead atoms. The number of benzene rings is 2. The quantitative estimate of drug-likeness (QED) is 0.817. The minimum atomic E-state index is -0.168. The van der Waals surface area contributed by atoms with Crippen LogP contribution in [-0.2, 0) is 6.54 Å². The van der Waals surface area contributed by atoms with Gasteiger partial charge in [0.15, 0.2) is 0 Å². The Morgan fingerprint density at radius 2 is 1.81 bits per heavy atom. The van der Waals surface area contributed by atoms with Gasteiger partial charge in [-0.1, -0.05) is 24.3 Å². The maximum Gasteiger partial charge on any atom is 0.126 e. The van der Waals surface area contributed by atoms with E-state index in [9.17, 15) is 4.39 Å². The standard InChI is InChI=1S/C14H14FN/c1-10-7-13(5-6-14(10)15)12-4-2-3-11(8-12)9-16/h2-8H,9,16H2,1H3. The van der Waals surface area contributed by atoms with Gasteiger partial charge in [-0.15, -0.1) is 0 Å². The van der Waals surface area contributed by atoms with Crippen molar-refractivity contribution in [1.82, 2.24) is 0 Å². The summed E-state index contributed by atoms with van der Waals surface area (Å²) in [5.74, 6) is -0.168. The van der Waals surface area contributed by atoms with Crippen molar-refractivity contribution in [1.29, 1.82) is 0 Å². The molecule has 0 fully saturated rings. The Labute approximate surface area is 94.7 Å². The number of hydrogen-bond donors (Lipinski definition) is 1. The third-order valence-corrected chi connectivity index (χ3v) is 2.65. The van der Waals surface area contributed by atoms with E-state index in [1.165, 1.54) is 6.07 Å². The molecule has 0 atom stereocenters. The third-order valence-electron chi connectivity index (χ3n) is 2.65. The van der Waals surface area contributed by atoms with Crippen molar-refractivity contribution >= 4 is 0 Å². The normalized spacial score (nSPS) is 10.4. The van der Waals surface area contributed by atoms with Crippen LogP contribution in [0.25, 0.3) is 11.1 Å². The summed E-state index contributed by atoms with van der Waals surface area (Å²) in [7, 11) is 0.